The minimum Gasteiger partial charge on any atom is -0.222 e. The van der Waals surface area contributed by atoms with Crippen LogP contribution in [0, 0.1) is 19.3 Å². The van der Waals surface area contributed by atoms with Gasteiger partial charge in [0.2, 0.25) is 0 Å². The number of aryl methyl sites for hydroxylation is 2. The molecule has 0 aliphatic heterocycles. The van der Waals surface area contributed by atoms with Crippen molar-refractivity contribution in [2.24, 2.45) is 5.41 Å². The molecule has 0 spiro atoms. The summed E-state index contributed by atoms with van der Waals surface area (Å²) in [5.41, 5.74) is 5.25. The summed E-state index contributed by atoms with van der Waals surface area (Å²) < 4.78 is 3.86. The highest BCUT2D eigenvalue weighted by Gasteiger charge is 2.61. The summed E-state index contributed by atoms with van der Waals surface area (Å²) in [5.74, 6) is 2.29. The molecule has 1 fully saturated rings. The van der Waals surface area contributed by atoms with Crippen LogP contribution in [-0.2, 0) is 5.41 Å². The van der Waals surface area contributed by atoms with Crippen LogP contribution in [0.15, 0.2) is 30.5 Å². The van der Waals surface area contributed by atoms with E-state index < -0.39 is 0 Å². The SMILES string of the molecule is Cc1cc(C)n(-c2cccc(-n3cc4c(n3)[C@]3(C)CC[C@H]4C3(C)C)n2)n1. The molecule has 0 aromatic carbocycles. The molecule has 3 aromatic rings. The number of pyridine rings is 1. The van der Waals surface area contributed by atoms with Gasteiger partial charge in [0, 0.05) is 17.3 Å². The number of rotatable bonds is 2. The van der Waals surface area contributed by atoms with Gasteiger partial charge in [0.1, 0.15) is 0 Å². The molecule has 26 heavy (non-hydrogen) atoms. The van der Waals surface area contributed by atoms with Gasteiger partial charge in [-0.05, 0) is 61.8 Å². The van der Waals surface area contributed by atoms with Crippen molar-refractivity contribution < 1.29 is 0 Å². The quantitative estimate of drug-likeness (QED) is 0.696. The van der Waals surface area contributed by atoms with Crippen molar-refractivity contribution in [1.82, 2.24) is 24.5 Å². The van der Waals surface area contributed by atoms with Crippen LogP contribution in [0.3, 0.4) is 0 Å². The van der Waals surface area contributed by atoms with E-state index in [1.165, 1.54) is 24.1 Å². The van der Waals surface area contributed by atoms with E-state index in [1.807, 2.05) is 34.5 Å². The zero-order chi connectivity index (χ0) is 18.3. The molecule has 0 amide bonds. The van der Waals surface area contributed by atoms with Gasteiger partial charge in [0.25, 0.3) is 0 Å². The molecule has 0 N–H and O–H groups in total. The van der Waals surface area contributed by atoms with Crippen molar-refractivity contribution in [2.75, 3.05) is 0 Å². The van der Waals surface area contributed by atoms with Crippen LogP contribution in [0.4, 0.5) is 0 Å². The lowest BCUT2D eigenvalue weighted by atomic mass is 9.70. The number of nitrogens with zero attached hydrogens (tertiary/aromatic N) is 5. The summed E-state index contributed by atoms with van der Waals surface area (Å²) >= 11 is 0. The number of aromatic nitrogens is 5. The highest BCUT2D eigenvalue weighted by Crippen LogP contribution is 2.67. The molecule has 5 rings (SSSR count). The zero-order valence-corrected chi connectivity index (χ0v) is 16.1. The molecule has 0 radical (unpaired) electrons. The van der Waals surface area contributed by atoms with Crippen LogP contribution in [0.2, 0.25) is 0 Å². The molecule has 2 atom stereocenters. The molecule has 2 aliphatic rings. The van der Waals surface area contributed by atoms with E-state index in [9.17, 15) is 0 Å². The summed E-state index contributed by atoms with van der Waals surface area (Å²) in [6.07, 6.45) is 4.70. The van der Waals surface area contributed by atoms with Crippen LogP contribution in [0.1, 0.15) is 62.2 Å². The summed E-state index contributed by atoms with van der Waals surface area (Å²) in [6.45, 7) is 11.2. The molecule has 5 nitrogen and oxygen atoms in total. The van der Waals surface area contributed by atoms with Crippen molar-refractivity contribution in [1.29, 1.82) is 0 Å². The van der Waals surface area contributed by atoms with Crippen molar-refractivity contribution in [2.45, 2.75) is 58.8 Å². The Hall–Kier alpha value is -2.43. The van der Waals surface area contributed by atoms with Crippen molar-refractivity contribution >= 4 is 0 Å². The number of fused-ring (bicyclic) bond motifs is 5. The molecule has 2 bridgehead atoms. The molecule has 2 aliphatic carbocycles. The van der Waals surface area contributed by atoms with E-state index in [0.29, 0.717) is 11.3 Å². The van der Waals surface area contributed by atoms with E-state index in [0.717, 1.165) is 23.0 Å². The summed E-state index contributed by atoms with van der Waals surface area (Å²) in [4.78, 5) is 4.83. The standard InChI is InChI=1S/C21H25N5/c1-13-11-14(2)26(23-13)18-8-6-7-17(22-18)25-12-15-16-9-10-21(5,19(15)24-25)20(16,3)4/h6-8,11-12,16H,9-10H2,1-5H3/t16-,21+/m1/s1. The Balaban J connectivity index is 1.59. The van der Waals surface area contributed by atoms with Crippen LogP contribution in [0.25, 0.3) is 11.6 Å². The van der Waals surface area contributed by atoms with Gasteiger partial charge >= 0.3 is 0 Å². The van der Waals surface area contributed by atoms with Gasteiger partial charge in [-0.15, -0.1) is 0 Å². The first kappa shape index (κ1) is 15.8. The monoisotopic (exact) mass is 347 g/mol. The van der Waals surface area contributed by atoms with Gasteiger partial charge in [-0.25, -0.2) is 14.3 Å². The average molecular weight is 347 g/mol. The predicted molar refractivity (Wildman–Crippen MR) is 101 cm³/mol. The lowest BCUT2D eigenvalue weighted by molar-refractivity contribution is 0.224. The molecule has 3 aromatic heterocycles. The maximum absolute atomic E-state index is 5.00. The molecule has 1 saturated carbocycles. The normalized spacial score (nSPS) is 25.7. The Morgan fingerprint density at radius 1 is 1.08 bits per heavy atom. The maximum Gasteiger partial charge on any atom is 0.156 e. The third-order valence-corrected chi connectivity index (χ3v) is 7.05. The van der Waals surface area contributed by atoms with Gasteiger partial charge < -0.3 is 0 Å². The van der Waals surface area contributed by atoms with E-state index in [1.54, 1.807) is 0 Å². The van der Waals surface area contributed by atoms with Crippen molar-refractivity contribution in [3.63, 3.8) is 0 Å². The topological polar surface area (TPSA) is 48.5 Å². The zero-order valence-electron chi connectivity index (χ0n) is 16.1. The Labute approximate surface area is 154 Å². The number of hydrogen-bond donors (Lipinski definition) is 0. The highest BCUT2D eigenvalue weighted by atomic mass is 15.4. The first-order valence-corrected chi connectivity index (χ1v) is 9.42. The molecule has 0 unspecified atom stereocenters. The fraction of sp³-hybridized carbons (Fsp3) is 0.476. The van der Waals surface area contributed by atoms with Crippen molar-refractivity contribution in [3.8, 4) is 11.6 Å². The van der Waals surface area contributed by atoms with Gasteiger partial charge in [-0.1, -0.05) is 26.8 Å². The van der Waals surface area contributed by atoms with E-state index in [2.05, 4.69) is 45.1 Å². The van der Waals surface area contributed by atoms with Crippen molar-refractivity contribution in [3.05, 3.63) is 53.1 Å². The van der Waals surface area contributed by atoms with Crippen LogP contribution in [0.5, 0.6) is 0 Å². The molecule has 3 heterocycles. The first-order chi connectivity index (χ1) is 12.3. The van der Waals surface area contributed by atoms with Crippen LogP contribution >= 0.6 is 0 Å². The van der Waals surface area contributed by atoms with E-state index >= 15 is 0 Å². The van der Waals surface area contributed by atoms with E-state index in [4.69, 9.17) is 10.1 Å². The largest absolute Gasteiger partial charge is 0.222 e. The molecular formula is C21H25N5. The summed E-state index contributed by atoms with van der Waals surface area (Å²) in [5, 5.41) is 9.55. The smallest absolute Gasteiger partial charge is 0.156 e. The fourth-order valence-corrected chi connectivity index (χ4v) is 5.18. The molecule has 134 valence electrons. The predicted octanol–water partition coefficient (Wildman–Crippen LogP) is 4.24. The van der Waals surface area contributed by atoms with Gasteiger partial charge in [0.15, 0.2) is 11.6 Å². The average Bonchev–Trinajstić information content (AvgIpc) is 3.27. The lowest BCUT2D eigenvalue weighted by Gasteiger charge is -2.34. The highest BCUT2D eigenvalue weighted by molar-refractivity contribution is 5.46. The minimum absolute atomic E-state index is 0.172. The van der Waals surface area contributed by atoms with Gasteiger partial charge in [0.05, 0.1) is 11.4 Å². The van der Waals surface area contributed by atoms with Gasteiger partial charge in [-0.2, -0.15) is 10.2 Å². The summed E-state index contributed by atoms with van der Waals surface area (Å²) in [7, 11) is 0. The van der Waals surface area contributed by atoms with E-state index in [-0.39, 0.29) is 5.41 Å². The van der Waals surface area contributed by atoms with Gasteiger partial charge in [-0.3, -0.25) is 0 Å². The third kappa shape index (κ3) is 1.83. The second-order valence-electron chi connectivity index (χ2n) is 8.72. The molecule has 5 heteroatoms. The second-order valence-corrected chi connectivity index (χ2v) is 8.72. The molecule has 0 saturated heterocycles. The maximum atomic E-state index is 5.00. The van der Waals surface area contributed by atoms with Crippen LogP contribution < -0.4 is 0 Å². The summed E-state index contributed by atoms with van der Waals surface area (Å²) in [6, 6.07) is 8.11. The number of hydrogen-bond acceptors (Lipinski definition) is 3. The minimum atomic E-state index is 0.172. The second kappa shape index (κ2) is 4.84. The fourth-order valence-electron chi connectivity index (χ4n) is 5.18. The Morgan fingerprint density at radius 2 is 1.85 bits per heavy atom. The Morgan fingerprint density at radius 3 is 2.54 bits per heavy atom. The molecular weight excluding hydrogens is 322 g/mol. The third-order valence-electron chi connectivity index (χ3n) is 7.05. The first-order valence-electron chi connectivity index (χ1n) is 9.42. The lowest BCUT2D eigenvalue weighted by Crippen LogP contribution is -2.32. The van der Waals surface area contributed by atoms with Crippen LogP contribution in [-0.4, -0.2) is 24.5 Å². The Kier molecular flexibility index (Phi) is 2.94. The Bertz CT molecular complexity index is 1020.